The second-order valence-corrected chi connectivity index (χ2v) is 4.19. The van der Waals surface area contributed by atoms with Gasteiger partial charge in [0.15, 0.2) is 0 Å². The van der Waals surface area contributed by atoms with Crippen LogP contribution < -0.4 is 0 Å². The van der Waals surface area contributed by atoms with E-state index in [2.05, 4.69) is 25.9 Å². The summed E-state index contributed by atoms with van der Waals surface area (Å²) in [6.07, 6.45) is -0.628. The maximum atomic E-state index is 12.5. The molecule has 3 nitrogen and oxygen atoms in total. The lowest BCUT2D eigenvalue weighted by atomic mass is 10.2. The van der Waals surface area contributed by atoms with E-state index in [-0.39, 0.29) is 0 Å². The summed E-state index contributed by atoms with van der Waals surface area (Å²) in [5, 5.41) is 4.15. The van der Waals surface area contributed by atoms with Crippen LogP contribution in [0.4, 0.5) is 4.39 Å². The Balaban J connectivity index is 1.98. The van der Waals surface area contributed by atoms with Crippen LogP contribution in [-0.4, -0.2) is 33.9 Å². The van der Waals surface area contributed by atoms with Crippen molar-refractivity contribution in [2.24, 2.45) is 7.05 Å². The number of likely N-dealkylation sites (tertiary alicyclic amines) is 1. The molecule has 0 N–H and O–H groups in total. The van der Waals surface area contributed by atoms with Gasteiger partial charge < -0.3 is 0 Å². The second-order valence-electron chi connectivity index (χ2n) is 3.37. The van der Waals surface area contributed by atoms with Gasteiger partial charge in [-0.25, -0.2) is 4.39 Å². The lowest BCUT2D eigenvalue weighted by Crippen LogP contribution is -2.47. The van der Waals surface area contributed by atoms with Gasteiger partial charge in [0.1, 0.15) is 10.8 Å². The molecule has 1 aromatic heterocycles. The Kier molecular flexibility index (Phi) is 2.38. The number of nitrogens with zero attached hydrogens (tertiary/aromatic N) is 3. The SMILES string of the molecule is Cn1nc(Br)cc1CN1CC(F)C1. The van der Waals surface area contributed by atoms with Gasteiger partial charge in [-0.1, -0.05) is 0 Å². The summed E-state index contributed by atoms with van der Waals surface area (Å²) in [6, 6.07) is 1.96. The minimum Gasteiger partial charge on any atom is -0.292 e. The topological polar surface area (TPSA) is 21.1 Å². The van der Waals surface area contributed by atoms with Crippen molar-refractivity contribution in [3.63, 3.8) is 0 Å². The molecule has 0 aliphatic carbocycles. The van der Waals surface area contributed by atoms with Crippen molar-refractivity contribution in [1.29, 1.82) is 0 Å². The van der Waals surface area contributed by atoms with Gasteiger partial charge in [0.05, 0.1) is 5.69 Å². The van der Waals surface area contributed by atoms with Crippen LogP contribution in [0.1, 0.15) is 5.69 Å². The molecule has 0 amide bonds. The van der Waals surface area contributed by atoms with Gasteiger partial charge in [0.25, 0.3) is 0 Å². The molecule has 0 unspecified atom stereocenters. The summed E-state index contributed by atoms with van der Waals surface area (Å²) >= 11 is 3.30. The molecule has 0 saturated carbocycles. The number of alkyl halides is 1. The number of hydrogen-bond acceptors (Lipinski definition) is 2. The van der Waals surface area contributed by atoms with Crippen LogP contribution >= 0.6 is 15.9 Å². The van der Waals surface area contributed by atoms with Crippen molar-refractivity contribution in [3.05, 3.63) is 16.4 Å². The Morgan fingerprint density at radius 1 is 1.69 bits per heavy atom. The molecule has 0 radical (unpaired) electrons. The summed E-state index contributed by atoms with van der Waals surface area (Å²) in [7, 11) is 1.90. The number of aromatic nitrogens is 2. The fourth-order valence-corrected chi connectivity index (χ4v) is 1.98. The summed E-state index contributed by atoms with van der Waals surface area (Å²) in [5.74, 6) is 0. The smallest absolute Gasteiger partial charge is 0.128 e. The Hall–Kier alpha value is -0.420. The van der Waals surface area contributed by atoms with Gasteiger partial charge in [0.2, 0.25) is 0 Å². The first-order valence-electron chi connectivity index (χ1n) is 4.20. The van der Waals surface area contributed by atoms with Crippen molar-refractivity contribution in [2.75, 3.05) is 13.1 Å². The average molecular weight is 248 g/mol. The highest BCUT2D eigenvalue weighted by molar-refractivity contribution is 9.10. The molecule has 0 bridgehead atoms. The first-order chi connectivity index (χ1) is 6.15. The van der Waals surface area contributed by atoms with E-state index in [0.717, 1.165) is 16.8 Å². The second kappa shape index (κ2) is 3.38. The third kappa shape index (κ3) is 1.91. The quantitative estimate of drug-likeness (QED) is 0.787. The molecule has 1 aliphatic rings. The molecule has 1 aliphatic heterocycles. The molecule has 5 heteroatoms. The summed E-state index contributed by atoms with van der Waals surface area (Å²) in [4.78, 5) is 2.06. The first kappa shape index (κ1) is 9.15. The number of hydrogen-bond donors (Lipinski definition) is 0. The molecule has 1 aromatic rings. The van der Waals surface area contributed by atoms with E-state index in [9.17, 15) is 4.39 Å². The number of aryl methyl sites for hydroxylation is 1. The van der Waals surface area contributed by atoms with Crippen molar-refractivity contribution >= 4 is 15.9 Å². The standard InChI is InChI=1S/C8H11BrFN3/c1-12-7(2-8(9)11-12)5-13-3-6(10)4-13/h2,6H,3-5H2,1H3. The van der Waals surface area contributed by atoms with Crippen LogP contribution in [0.2, 0.25) is 0 Å². The minimum absolute atomic E-state index is 0.558. The fraction of sp³-hybridized carbons (Fsp3) is 0.625. The lowest BCUT2D eigenvalue weighted by Gasteiger charge is -2.33. The maximum Gasteiger partial charge on any atom is 0.128 e. The molecule has 0 aromatic carbocycles. The van der Waals surface area contributed by atoms with E-state index in [0.29, 0.717) is 13.1 Å². The number of halogens is 2. The highest BCUT2D eigenvalue weighted by Crippen LogP contribution is 2.17. The third-order valence-corrected chi connectivity index (χ3v) is 2.63. The molecule has 13 heavy (non-hydrogen) atoms. The summed E-state index contributed by atoms with van der Waals surface area (Å²) in [6.45, 7) is 1.90. The highest BCUT2D eigenvalue weighted by atomic mass is 79.9. The molecule has 0 atom stereocenters. The fourth-order valence-electron chi connectivity index (χ4n) is 1.48. The van der Waals surface area contributed by atoms with Crippen molar-refractivity contribution < 1.29 is 4.39 Å². The summed E-state index contributed by atoms with van der Waals surface area (Å²) < 4.78 is 15.2. The van der Waals surface area contributed by atoms with Crippen LogP contribution in [-0.2, 0) is 13.6 Å². The molecule has 0 spiro atoms. The highest BCUT2D eigenvalue weighted by Gasteiger charge is 2.26. The van der Waals surface area contributed by atoms with Gasteiger partial charge in [0, 0.05) is 26.7 Å². The zero-order chi connectivity index (χ0) is 9.42. The van der Waals surface area contributed by atoms with Gasteiger partial charge in [-0.2, -0.15) is 5.10 Å². The van der Waals surface area contributed by atoms with E-state index in [1.807, 2.05) is 17.8 Å². The Bertz CT molecular complexity index is 306. The third-order valence-electron chi connectivity index (χ3n) is 2.25. The van der Waals surface area contributed by atoms with E-state index in [4.69, 9.17) is 0 Å². The van der Waals surface area contributed by atoms with Gasteiger partial charge in [-0.15, -0.1) is 0 Å². The molecule has 1 saturated heterocycles. The lowest BCUT2D eigenvalue weighted by molar-refractivity contribution is 0.0570. The monoisotopic (exact) mass is 247 g/mol. The van der Waals surface area contributed by atoms with E-state index >= 15 is 0 Å². The van der Waals surface area contributed by atoms with Gasteiger partial charge in [-0.05, 0) is 22.0 Å². The predicted molar refractivity (Wildman–Crippen MR) is 51.1 cm³/mol. The Morgan fingerprint density at radius 3 is 2.85 bits per heavy atom. The van der Waals surface area contributed by atoms with Crippen LogP contribution in [0.15, 0.2) is 10.7 Å². The van der Waals surface area contributed by atoms with Crippen LogP contribution in [0, 0.1) is 0 Å². The van der Waals surface area contributed by atoms with Crippen molar-refractivity contribution in [2.45, 2.75) is 12.7 Å². The zero-order valence-corrected chi connectivity index (χ0v) is 8.96. The van der Waals surface area contributed by atoms with Crippen molar-refractivity contribution in [3.8, 4) is 0 Å². The molecule has 1 fully saturated rings. The molecular weight excluding hydrogens is 237 g/mol. The summed E-state index contributed by atoms with van der Waals surface area (Å²) in [5.41, 5.74) is 1.11. The predicted octanol–water partition coefficient (Wildman–Crippen LogP) is 1.34. The van der Waals surface area contributed by atoms with E-state index in [1.54, 1.807) is 0 Å². The molecule has 72 valence electrons. The van der Waals surface area contributed by atoms with Crippen LogP contribution in [0.25, 0.3) is 0 Å². The van der Waals surface area contributed by atoms with Gasteiger partial charge in [-0.3, -0.25) is 9.58 Å². The Morgan fingerprint density at radius 2 is 2.38 bits per heavy atom. The van der Waals surface area contributed by atoms with Gasteiger partial charge >= 0.3 is 0 Å². The maximum absolute atomic E-state index is 12.5. The molecule has 2 rings (SSSR count). The largest absolute Gasteiger partial charge is 0.292 e. The normalized spacial score (nSPS) is 19.0. The average Bonchev–Trinajstić information content (AvgIpc) is 2.27. The van der Waals surface area contributed by atoms with E-state index < -0.39 is 6.17 Å². The Labute approximate surface area is 84.7 Å². The minimum atomic E-state index is -0.628. The van der Waals surface area contributed by atoms with Crippen LogP contribution in [0.5, 0.6) is 0 Å². The van der Waals surface area contributed by atoms with E-state index in [1.165, 1.54) is 0 Å². The molecule has 2 heterocycles. The number of rotatable bonds is 2. The first-order valence-corrected chi connectivity index (χ1v) is 4.99. The van der Waals surface area contributed by atoms with Crippen LogP contribution in [0.3, 0.4) is 0 Å². The van der Waals surface area contributed by atoms with Crippen molar-refractivity contribution in [1.82, 2.24) is 14.7 Å². The zero-order valence-electron chi connectivity index (χ0n) is 7.37. The molecular formula is C8H11BrFN3.